The molecule has 9 heteroatoms. The summed E-state index contributed by atoms with van der Waals surface area (Å²) in [5.74, 6) is -0.787. The van der Waals surface area contributed by atoms with Crippen LogP contribution in [-0.2, 0) is 14.8 Å². The number of carbonyl (C=O) groups excluding carboxylic acids is 1. The summed E-state index contributed by atoms with van der Waals surface area (Å²) in [6.45, 7) is 1.85. The Morgan fingerprint density at radius 2 is 2.00 bits per heavy atom. The van der Waals surface area contributed by atoms with Crippen molar-refractivity contribution in [3.63, 3.8) is 0 Å². The SMILES string of the molecule is O=C(CCl)N1CCC2(CCN(S(=O)(=O)c3ccc(Br)c(F)c3)C2)C1. The maximum atomic E-state index is 13.7. The van der Waals surface area contributed by atoms with Crippen LogP contribution < -0.4 is 0 Å². The lowest BCUT2D eigenvalue weighted by atomic mass is 9.87. The van der Waals surface area contributed by atoms with Crippen molar-refractivity contribution in [1.29, 1.82) is 0 Å². The van der Waals surface area contributed by atoms with E-state index in [4.69, 9.17) is 11.6 Å². The highest BCUT2D eigenvalue weighted by molar-refractivity contribution is 9.10. The Bertz CT molecular complexity index is 776. The maximum absolute atomic E-state index is 13.7. The molecule has 0 N–H and O–H groups in total. The summed E-state index contributed by atoms with van der Waals surface area (Å²) in [5, 5.41) is 0. The van der Waals surface area contributed by atoms with Gasteiger partial charge in [0.25, 0.3) is 0 Å². The Morgan fingerprint density at radius 1 is 1.29 bits per heavy atom. The molecule has 0 aromatic heterocycles. The quantitative estimate of drug-likeness (QED) is 0.680. The van der Waals surface area contributed by atoms with Crippen LogP contribution in [0.2, 0.25) is 0 Å². The smallest absolute Gasteiger partial charge is 0.243 e. The van der Waals surface area contributed by atoms with E-state index in [1.165, 1.54) is 16.4 Å². The molecule has 0 bridgehead atoms. The number of sulfonamides is 1. The molecule has 2 saturated heterocycles. The second kappa shape index (κ2) is 6.55. The van der Waals surface area contributed by atoms with Gasteiger partial charge in [0, 0.05) is 31.6 Å². The molecule has 0 radical (unpaired) electrons. The number of nitrogens with zero attached hydrogens (tertiary/aromatic N) is 2. The van der Waals surface area contributed by atoms with E-state index in [9.17, 15) is 17.6 Å². The van der Waals surface area contributed by atoms with Crippen molar-refractivity contribution < 1.29 is 17.6 Å². The van der Waals surface area contributed by atoms with Crippen LogP contribution in [-0.4, -0.2) is 55.6 Å². The van der Waals surface area contributed by atoms with Gasteiger partial charge in [0.2, 0.25) is 15.9 Å². The summed E-state index contributed by atoms with van der Waals surface area (Å²) in [4.78, 5) is 13.4. The van der Waals surface area contributed by atoms with Gasteiger partial charge in [-0.05, 0) is 47.0 Å². The molecule has 1 aromatic rings. The lowest BCUT2D eigenvalue weighted by molar-refractivity contribution is -0.127. The Labute approximate surface area is 153 Å². The van der Waals surface area contributed by atoms with E-state index in [-0.39, 0.29) is 26.6 Å². The van der Waals surface area contributed by atoms with E-state index >= 15 is 0 Å². The molecule has 3 rings (SSSR count). The molecule has 132 valence electrons. The van der Waals surface area contributed by atoms with Crippen LogP contribution in [0.15, 0.2) is 27.6 Å². The molecule has 2 fully saturated rings. The number of halogens is 3. The number of benzene rings is 1. The fourth-order valence-electron chi connectivity index (χ4n) is 3.45. The third-order valence-electron chi connectivity index (χ3n) is 4.84. The van der Waals surface area contributed by atoms with Gasteiger partial charge in [0.15, 0.2) is 0 Å². The van der Waals surface area contributed by atoms with Crippen LogP contribution >= 0.6 is 27.5 Å². The van der Waals surface area contributed by atoms with E-state index in [1.807, 2.05) is 0 Å². The minimum atomic E-state index is -3.74. The molecular formula is C15H17BrClFN2O3S. The van der Waals surface area contributed by atoms with E-state index in [0.29, 0.717) is 32.6 Å². The minimum Gasteiger partial charge on any atom is -0.341 e. The van der Waals surface area contributed by atoms with Crippen molar-refractivity contribution in [2.24, 2.45) is 5.41 Å². The Kier molecular flexibility index (Phi) is 4.94. The first-order valence-corrected chi connectivity index (χ1v) is 10.3. The van der Waals surface area contributed by atoms with Crippen molar-refractivity contribution in [3.05, 3.63) is 28.5 Å². The van der Waals surface area contributed by atoms with Crippen LogP contribution in [0.1, 0.15) is 12.8 Å². The molecule has 0 saturated carbocycles. The van der Waals surface area contributed by atoms with E-state index < -0.39 is 15.8 Å². The van der Waals surface area contributed by atoms with E-state index in [2.05, 4.69) is 15.9 Å². The molecule has 1 spiro atoms. The van der Waals surface area contributed by atoms with Crippen LogP contribution in [0.3, 0.4) is 0 Å². The molecule has 24 heavy (non-hydrogen) atoms. The van der Waals surface area contributed by atoms with Gasteiger partial charge in [0.05, 0.1) is 9.37 Å². The number of hydrogen-bond acceptors (Lipinski definition) is 3. The van der Waals surface area contributed by atoms with Crippen molar-refractivity contribution in [1.82, 2.24) is 9.21 Å². The van der Waals surface area contributed by atoms with Gasteiger partial charge in [0.1, 0.15) is 11.7 Å². The topological polar surface area (TPSA) is 57.7 Å². The molecule has 1 unspecified atom stereocenters. The summed E-state index contributed by atoms with van der Waals surface area (Å²) < 4.78 is 40.8. The molecule has 0 aliphatic carbocycles. The standard InChI is InChI=1S/C15H17BrClFN2O3S/c16-12-2-1-11(7-13(12)18)24(22,23)20-6-4-15(10-20)3-5-19(9-15)14(21)8-17/h1-2,7H,3-6,8-10H2. The number of alkyl halides is 1. The van der Waals surface area contributed by atoms with Gasteiger partial charge in [-0.15, -0.1) is 11.6 Å². The fraction of sp³-hybridized carbons (Fsp3) is 0.533. The number of hydrogen-bond donors (Lipinski definition) is 0. The number of likely N-dealkylation sites (tertiary alicyclic amines) is 1. The Morgan fingerprint density at radius 3 is 2.67 bits per heavy atom. The first-order valence-electron chi connectivity index (χ1n) is 7.56. The average Bonchev–Trinajstić information content (AvgIpc) is 3.17. The van der Waals surface area contributed by atoms with Crippen LogP contribution in [0.4, 0.5) is 4.39 Å². The molecule has 2 aliphatic rings. The van der Waals surface area contributed by atoms with Crippen molar-refractivity contribution in [2.75, 3.05) is 32.1 Å². The van der Waals surface area contributed by atoms with Gasteiger partial charge in [-0.1, -0.05) is 0 Å². The number of rotatable bonds is 3. The molecule has 2 heterocycles. The zero-order chi connectivity index (χ0) is 17.5. The minimum absolute atomic E-state index is 0.0491. The highest BCUT2D eigenvalue weighted by Gasteiger charge is 2.47. The van der Waals surface area contributed by atoms with E-state index in [1.54, 1.807) is 4.90 Å². The summed E-state index contributed by atoms with van der Waals surface area (Å²) in [6, 6.07) is 3.82. The second-order valence-electron chi connectivity index (χ2n) is 6.36. The average molecular weight is 440 g/mol. The zero-order valence-electron chi connectivity index (χ0n) is 12.8. The monoisotopic (exact) mass is 438 g/mol. The second-order valence-corrected chi connectivity index (χ2v) is 9.42. The normalized spacial score (nSPS) is 24.9. The lowest BCUT2D eigenvalue weighted by Crippen LogP contribution is -2.36. The third kappa shape index (κ3) is 3.21. The molecular weight excluding hydrogens is 423 g/mol. The number of carbonyl (C=O) groups is 1. The Balaban J connectivity index is 1.78. The summed E-state index contributed by atoms with van der Waals surface area (Å²) in [5.41, 5.74) is -0.220. The molecule has 1 amide bonds. The highest BCUT2D eigenvalue weighted by atomic mass is 79.9. The van der Waals surface area contributed by atoms with Crippen LogP contribution in [0, 0.1) is 11.2 Å². The lowest BCUT2D eigenvalue weighted by Gasteiger charge is -2.24. The first-order chi connectivity index (χ1) is 11.3. The van der Waals surface area contributed by atoms with Crippen LogP contribution in [0.5, 0.6) is 0 Å². The first kappa shape index (κ1) is 18.1. The van der Waals surface area contributed by atoms with E-state index in [0.717, 1.165) is 12.5 Å². The zero-order valence-corrected chi connectivity index (χ0v) is 16.0. The molecule has 5 nitrogen and oxygen atoms in total. The van der Waals surface area contributed by atoms with Crippen molar-refractivity contribution >= 4 is 43.5 Å². The largest absolute Gasteiger partial charge is 0.341 e. The summed E-state index contributed by atoms with van der Waals surface area (Å²) >= 11 is 8.62. The molecule has 1 atom stereocenters. The Hall–Kier alpha value is -0.700. The number of amides is 1. The fourth-order valence-corrected chi connectivity index (χ4v) is 5.43. The summed E-state index contributed by atoms with van der Waals surface area (Å²) in [6.07, 6.45) is 1.45. The third-order valence-corrected chi connectivity index (χ3v) is 7.55. The van der Waals surface area contributed by atoms with Gasteiger partial charge in [-0.25, -0.2) is 12.8 Å². The maximum Gasteiger partial charge on any atom is 0.243 e. The van der Waals surface area contributed by atoms with Crippen LogP contribution in [0.25, 0.3) is 0 Å². The summed E-state index contributed by atoms with van der Waals surface area (Å²) in [7, 11) is -3.74. The van der Waals surface area contributed by atoms with Gasteiger partial charge < -0.3 is 4.90 Å². The van der Waals surface area contributed by atoms with Gasteiger partial charge in [-0.3, -0.25) is 4.79 Å². The van der Waals surface area contributed by atoms with Gasteiger partial charge >= 0.3 is 0 Å². The molecule has 1 aromatic carbocycles. The van der Waals surface area contributed by atoms with Crippen molar-refractivity contribution in [2.45, 2.75) is 17.7 Å². The van der Waals surface area contributed by atoms with Gasteiger partial charge in [-0.2, -0.15) is 4.31 Å². The predicted octanol–water partition coefficient (Wildman–Crippen LogP) is 2.44. The predicted molar refractivity (Wildman–Crippen MR) is 91.8 cm³/mol. The molecule has 2 aliphatic heterocycles. The van der Waals surface area contributed by atoms with Crippen molar-refractivity contribution in [3.8, 4) is 0 Å². The highest BCUT2D eigenvalue weighted by Crippen LogP contribution is 2.41.